The number of benzene rings is 2. The number of imidazole rings is 1. The number of nitrogens with zero attached hydrogens (tertiary/aromatic N) is 3. The lowest BCUT2D eigenvalue weighted by Crippen LogP contribution is -2.22. The summed E-state index contributed by atoms with van der Waals surface area (Å²) in [5.41, 5.74) is 3.53. The number of rotatable bonds is 8. The van der Waals surface area contributed by atoms with Crippen LogP contribution in [0.4, 0.5) is 0 Å². The second-order valence-corrected chi connectivity index (χ2v) is 9.52. The lowest BCUT2D eigenvalue weighted by Gasteiger charge is -2.11. The Labute approximate surface area is 198 Å². The molecule has 0 bridgehead atoms. The van der Waals surface area contributed by atoms with E-state index in [0.717, 1.165) is 39.2 Å². The first-order valence-corrected chi connectivity index (χ1v) is 12.5. The van der Waals surface area contributed by atoms with Crippen molar-refractivity contribution >= 4 is 44.3 Å². The second kappa shape index (κ2) is 9.25. The topological polar surface area (TPSA) is 72.7 Å². The van der Waals surface area contributed by atoms with E-state index in [2.05, 4.69) is 11.6 Å². The van der Waals surface area contributed by atoms with Crippen molar-refractivity contribution in [1.82, 2.24) is 19.1 Å². The number of thiophene rings is 1. The van der Waals surface area contributed by atoms with Gasteiger partial charge in [-0.05, 0) is 24.1 Å². The number of allylic oxidation sites excluding steroid dienone is 1. The van der Waals surface area contributed by atoms with E-state index >= 15 is 0 Å². The Kier molecular flexibility index (Phi) is 6.02. The van der Waals surface area contributed by atoms with Gasteiger partial charge in [0.1, 0.15) is 4.83 Å². The van der Waals surface area contributed by atoms with Crippen molar-refractivity contribution in [3.63, 3.8) is 0 Å². The van der Waals surface area contributed by atoms with Crippen LogP contribution in [0.2, 0.25) is 0 Å². The number of aromatic amines is 1. The van der Waals surface area contributed by atoms with Gasteiger partial charge in [-0.3, -0.25) is 13.9 Å². The van der Waals surface area contributed by atoms with Gasteiger partial charge in [0.2, 0.25) is 0 Å². The van der Waals surface area contributed by atoms with Crippen LogP contribution in [-0.4, -0.2) is 24.9 Å². The molecular formula is C25H22N4O2S2. The van der Waals surface area contributed by atoms with Crippen LogP contribution in [0.15, 0.2) is 87.4 Å². The van der Waals surface area contributed by atoms with Crippen molar-refractivity contribution < 1.29 is 0 Å². The number of fused-ring (bicyclic) bond motifs is 2. The van der Waals surface area contributed by atoms with Gasteiger partial charge >= 0.3 is 5.69 Å². The van der Waals surface area contributed by atoms with E-state index in [1.807, 2.05) is 60.0 Å². The number of aryl methyl sites for hydroxylation is 1. The van der Waals surface area contributed by atoms with E-state index < -0.39 is 0 Å². The van der Waals surface area contributed by atoms with Gasteiger partial charge < -0.3 is 4.98 Å². The summed E-state index contributed by atoms with van der Waals surface area (Å²) in [7, 11) is 0. The first-order valence-electron chi connectivity index (χ1n) is 10.7. The number of nitrogens with one attached hydrogen (secondary N) is 1. The van der Waals surface area contributed by atoms with Crippen LogP contribution >= 0.6 is 23.1 Å². The zero-order valence-corrected chi connectivity index (χ0v) is 19.5. The quantitative estimate of drug-likeness (QED) is 0.146. The minimum Gasteiger partial charge on any atom is -0.306 e. The SMILES string of the molecule is C=CCn1c(SCCCn2c(=O)[nH]c3ccccc32)nc2scc(-c3ccccc3)c2c1=O. The van der Waals surface area contributed by atoms with Crippen LogP contribution < -0.4 is 11.2 Å². The summed E-state index contributed by atoms with van der Waals surface area (Å²) in [6.07, 6.45) is 2.49. The van der Waals surface area contributed by atoms with Crippen molar-refractivity contribution in [2.24, 2.45) is 0 Å². The molecule has 0 saturated heterocycles. The fourth-order valence-corrected chi connectivity index (χ4v) is 5.87. The van der Waals surface area contributed by atoms with Crippen LogP contribution in [0.3, 0.4) is 0 Å². The van der Waals surface area contributed by atoms with Gasteiger partial charge in [-0.2, -0.15) is 0 Å². The average Bonchev–Trinajstić information content (AvgIpc) is 3.40. The van der Waals surface area contributed by atoms with E-state index in [4.69, 9.17) is 4.98 Å². The van der Waals surface area contributed by atoms with Gasteiger partial charge in [-0.15, -0.1) is 17.9 Å². The van der Waals surface area contributed by atoms with Crippen LogP contribution in [0.5, 0.6) is 0 Å². The minimum absolute atomic E-state index is 0.0460. The maximum Gasteiger partial charge on any atom is 0.326 e. The van der Waals surface area contributed by atoms with Crippen molar-refractivity contribution in [3.8, 4) is 11.1 Å². The summed E-state index contributed by atoms with van der Waals surface area (Å²) in [5, 5.41) is 3.34. The molecule has 0 saturated carbocycles. The van der Waals surface area contributed by atoms with E-state index in [-0.39, 0.29) is 11.2 Å². The molecule has 0 spiro atoms. The van der Waals surface area contributed by atoms with E-state index in [1.54, 1.807) is 15.2 Å². The molecule has 0 unspecified atom stereocenters. The number of H-pyrrole nitrogens is 1. The smallest absolute Gasteiger partial charge is 0.306 e. The number of thioether (sulfide) groups is 1. The minimum atomic E-state index is -0.101. The molecule has 5 rings (SSSR count). The summed E-state index contributed by atoms with van der Waals surface area (Å²) in [5.74, 6) is 0.734. The molecule has 33 heavy (non-hydrogen) atoms. The highest BCUT2D eigenvalue weighted by Gasteiger charge is 2.17. The molecule has 0 amide bonds. The predicted molar refractivity (Wildman–Crippen MR) is 137 cm³/mol. The molecule has 5 aromatic rings. The first kappa shape index (κ1) is 21.5. The highest BCUT2D eigenvalue weighted by molar-refractivity contribution is 7.99. The van der Waals surface area contributed by atoms with E-state index in [1.165, 1.54) is 23.1 Å². The third-order valence-corrected chi connectivity index (χ3v) is 7.43. The monoisotopic (exact) mass is 474 g/mol. The molecule has 2 aromatic carbocycles. The molecule has 0 fully saturated rings. The maximum absolute atomic E-state index is 13.4. The number of para-hydroxylation sites is 2. The van der Waals surface area contributed by atoms with Gasteiger partial charge in [-0.1, -0.05) is 60.3 Å². The standard InChI is InChI=1S/C25H22N4O2S2/c1-2-13-29-23(30)21-18(17-9-4-3-5-10-17)16-33-22(21)27-25(29)32-15-8-14-28-20-12-7-6-11-19(20)26-24(28)31/h2-7,9-12,16H,1,8,13-15H2,(H,26,31). The zero-order valence-electron chi connectivity index (χ0n) is 17.9. The van der Waals surface area contributed by atoms with E-state index in [0.29, 0.717) is 23.6 Å². The van der Waals surface area contributed by atoms with Gasteiger partial charge in [0, 0.05) is 29.8 Å². The summed E-state index contributed by atoms with van der Waals surface area (Å²) in [6, 6.07) is 17.6. The highest BCUT2D eigenvalue weighted by Crippen LogP contribution is 2.32. The lowest BCUT2D eigenvalue weighted by molar-refractivity contribution is 0.663. The molecule has 8 heteroatoms. The molecular weight excluding hydrogens is 452 g/mol. The average molecular weight is 475 g/mol. The van der Waals surface area contributed by atoms with E-state index in [9.17, 15) is 9.59 Å². The van der Waals surface area contributed by atoms with Crippen molar-refractivity contribution in [3.05, 3.63) is 93.5 Å². The van der Waals surface area contributed by atoms with Crippen LogP contribution in [0, 0.1) is 0 Å². The van der Waals surface area contributed by atoms with Crippen molar-refractivity contribution in [1.29, 1.82) is 0 Å². The fraction of sp³-hybridized carbons (Fsp3) is 0.160. The molecule has 0 aliphatic carbocycles. The maximum atomic E-state index is 13.4. The molecule has 3 aromatic heterocycles. The lowest BCUT2D eigenvalue weighted by atomic mass is 10.1. The third kappa shape index (κ3) is 4.07. The molecule has 166 valence electrons. The Bertz CT molecular complexity index is 1560. The van der Waals surface area contributed by atoms with Crippen LogP contribution in [0.1, 0.15) is 6.42 Å². The summed E-state index contributed by atoms with van der Waals surface area (Å²) < 4.78 is 3.45. The van der Waals surface area contributed by atoms with Gasteiger partial charge in [0.25, 0.3) is 5.56 Å². The second-order valence-electron chi connectivity index (χ2n) is 7.60. The molecule has 0 aliphatic rings. The third-order valence-electron chi connectivity index (χ3n) is 5.49. The van der Waals surface area contributed by atoms with Gasteiger partial charge in [-0.25, -0.2) is 9.78 Å². The summed E-state index contributed by atoms with van der Waals surface area (Å²) in [4.78, 5) is 34.2. The molecule has 3 heterocycles. The number of hydrogen-bond donors (Lipinski definition) is 1. The molecule has 0 atom stereocenters. The number of hydrogen-bond acceptors (Lipinski definition) is 5. The molecule has 0 radical (unpaired) electrons. The Hall–Kier alpha value is -3.36. The Balaban J connectivity index is 1.40. The predicted octanol–water partition coefficient (Wildman–Crippen LogP) is 5.14. The summed E-state index contributed by atoms with van der Waals surface area (Å²) >= 11 is 3.03. The van der Waals surface area contributed by atoms with Crippen molar-refractivity contribution in [2.75, 3.05) is 5.75 Å². The Morgan fingerprint density at radius 3 is 2.67 bits per heavy atom. The van der Waals surface area contributed by atoms with Crippen molar-refractivity contribution in [2.45, 2.75) is 24.7 Å². The molecule has 6 nitrogen and oxygen atoms in total. The Morgan fingerprint density at radius 2 is 1.85 bits per heavy atom. The van der Waals surface area contributed by atoms with Gasteiger partial charge in [0.15, 0.2) is 5.16 Å². The van der Waals surface area contributed by atoms with Crippen LogP contribution in [0.25, 0.3) is 32.4 Å². The number of aromatic nitrogens is 4. The zero-order chi connectivity index (χ0) is 22.8. The summed E-state index contributed by atoms with van der Waals surface area (Å²) in [6.45, 7) is 4.82. The van der Waals surface area contributed by atoms with Gasteiger partial charge in [0.05, 0.1) is 16.4 Å². The fourth-order valence-electron chi connectivity index (χ4n) is 3.95. The highest BCUT2D eigenvalue weighted by atomic mass is 32.2. The normalized spacial score (nSPS) is 11.4. The largest absolute Gasteiger partial charge is 0.326 e. The molecule has 0 aliphatic heterocycles. The Morgan fingerprint density at radius 1 is 1.06 bits per heavy atom. The molecule has 1 N–H and O–H groups in total. The van der Waals surface area contributed by atoms with Crippen LogP contribution in [-0.2, 0) is 13.1 Å². The first-order chi connectivity index (χ1) is 16.2.